The molecule has 0 fully saturated rings. The maximum atomic E-state index is 12.0. The monoisotopic (exact) mass is 403 g/mol. The lowest BCUT2D eigenvalue weighted by molar-refractivity contribution is -0.125. The molecule has 150 valence electrons. The molecule has 0 unspecified atom stereocenters. The van der Waals surface area contributed by atoms with Gasteiger partial charge in [0.1, 0.15) is 23.9 Å². The summed E-state index contributed by atoms with van der Waals surface area (Å²) in [7, 11) is 1.60. The van der Waals surface area contributed by atoms with E-state index in [2.05, 4.69) is 5.32 Å². The van der Waals surface area contributed by atoms with Gasteiger partial charge in [-0.15, -0.1) is 11.3 Å². The Morgan fingerprint density at radius 1 is 0.929 bits per heavy atom. The number of benzene rings is 1. The topological polar surface area (TPSA) is 81.7 Å². The van der Waals surface area contributed by atoms with Gasteiger partial charge in [0.05, 0.1) is 18.5 Å². The predicted molar refractivity (Wildman–Crippen MR) is 108 cm³/mol. The smallest absolute Gasteiger partial charge is 0.220 e. The van der Waals surface area contributed by atoms with Crippen LogP contribution in [0.5, 0.6) is 11.5 Å². The highest BCUT2D eigenvalue weighted by atomic mass is 32.1. The van der Waals surface area contributed by atoms with Crippen molar-refractivity contribution >= 4 is 28.8 Å². The Labute approximate surface area is 168 Å². The zero-order valence-corrected chi connectivity index (χ0v) is 17.0. The fourth-order valence-corrected chi connectivity index (χ4v) is 3.29. The van der Waals surface area contributed by atoms with Gasteiger partial charge in [0.2, 0.25) is 5.91 Å². The average molecular weight is 404 g/mol. The number of Topliss-reactive ketones (excluding diaryl/α,β-unsaturated/α-hetero) is 2. The number of rotatable bonds is 12. The van der Waals surface area contributed by atoms with Gasteiger partial charge in [0.25, 0.3) is 0 Å². The quantitative estimate of drug-likeness (QED) is 0.433. The molecule has 0 aliphatic carbocycles. The van der Waals surface area contributed by atoms with Crippen LogP contribution in [0.25, 0.3) is 0 Å². The van der Waals surface area contributed by atoms with Crippen LogP contribution < -0.4 is 14.8 Å². The molecular formula is C21H25NO5S. The van der Waals surface area contributed by atoms with Crippen LogP contribution in [0.3, 0.4) is 0 Å². The molecule has 0 saturated carbocycles. The van der Waals surface area contributed by atoms with E-state index >= 15 is 0 Å². The third-order valence-corrected chi connectivity index (χ3v) is 5.07. The molecule has 0 aliphatic heterocycles. The second-order valence-corrected chi connectivity index (χ2v) is 7.53. The summed E-state index contributed by atoms with van der Waals surface area (Å²) in [6, 6.07) is 10.8. The number of nitrogens with one attached hydrogen (secondary N) is 1. The van der Waals surface area contributed by atoms with E-state index in [0.717, 1.165) is 10.6 Å². The molecule has 0 aliphatic rings. The molecule has 28 heavy (non-hydrogen) atoms. The number of thiophene rings is 1. The highest BCUT2D eigenvalue weighted by Crippen LogP contribution is 2.18. The first-order valence-electron chi connectivity index (χ1n) is 9.13. The normalized spacial score (nSPS) is 10.4. The minimum absolute atomic E-state index is 0.0217. The molecule has 0 atom stereocenters. The van der Waals surface area contributed by atoms with Crippen molar-refractivity contribution < 1.29 is 23.9 Å². The van der Waals surface area contributed by atoms with Crippen molar-refractivity contribution in [3.05, 3.63) is 46.2 Å². The molecule has 1 heterocycles. The van der Waals surface area contributed by atoms with E-state index in [1.54, 1.807) is 37.4 Å². The van der Waals surface area contributed by atoms with Gasteiger partial charge in [-0.1, -0.05) is 0 Å². The van der Waals surface area contributed by atoms with Crippen LogP contribution in [0.15, 0.2) is 36.4 Å². The zero-order chi connectivity index (χ0) is 20.4. The molecule has 0 spiro atoms. The highest BCUT2D eigenvalue weighted by molar-refractivity contribution is 7.14. The van der Waals surface area contributed by atoms with Crippen molar-refractivity contribution in [2.24, 2.45) is 0 Å². The van der Waals surface area contributed by atoms with Crippen molar-refractivity contribution in [1.82, 2.24) is 5.32 Å². The molecule has 1 amide bonds. The van der Waals surface area contributed by atoms with E-state index in [-0.39, 0.29) is 43.2 Å². The van der Waals surface area contributed by atoms with E-state index in [1.807, 2.05) is 13.0 Å². The number of hydrogen-bond donors (Lipinski definition) is 1. The minimum Gasteiger partial charge on any atom is -0.497 e. The molecule has 2 rings (SSSR count). The Kier molecular flexibility index (Phi) is 8.68. The lowest BCUT2D eigenvalue weighted by atomic mass is 10.1. The zero-order valence-electron chi connectivity index (χ0n) is 16.2. The number of ether oxygens (including phenoxy) is 2. The van der Waals surface area contributed by atoms with Crippen LogP contribution in [0.2, 0.25) is 0 Å². The summed E-state index contributed by atoms with van der Waals surface area (Å²) >= 11 is 1.43. The lowest BCUT2D eigenvalue weighted by Crippen LogP contribution is -2.28. The SMILES string of the molecule is COc1ccc(OCCNC(=O)CCC(=O)CCC(=O)c2ccc(C)s2)cc1. The van der Waals surface area contributed by atoms with Crippen LogP contribution in [-0.4, -0.2) is 37.7 Å². The number of methoxy groups -OCH3 is 1. The van der Waals surface area contributed by atoms with Crippen molar-refractivity contribution in [3.63, 3.8) is 0 Å². The van der Waals surface area contributed by atoms with Gasteiger partial charge in [0, 0.05) is 30.6 Å². The molecule has 7 heteroatoms. The van der Waals surface area contributed by atoms with Gasteiger partial charge < -0.3 is 14.8 Å². The van der Waals surface area contributed by atoms with Crippen LogP contribution in [0.4, 0.5) is 0 Å². The second-order valence-electron chi connectivity index (χ2n) is 6.25. The number of aryl methyl sites for hydroxylation is 1. The maximum absolute atomic E-state index is 12.0. The number of hydrogen-bond acceptors (Lipinski definition) is 6. The summed E-state index contributed by atoms with van der Waals surface area (Å²) in [6.45, 7) is 2.63. The van der Waals surface area contributed by atoms with Gasteiger partial charge >= 0.3 is 0 Å². The molecule has 0 saturated heterocycles. The largest absolute Gasteiger partial charge is 0.497 e. The minimum atomic E-state index is -0.202. The fraction of sp³-hybridized carbons (Fsp3) is 0.381. The van der Waals surface area contributed by atoms with Gasteiger partial charge in [-0.25, -0.2) is 0 Å². The number of carbonyl (C=O) groups excluding carboxylic acids is 3. The first-order chi connectivity index (χ1) is 13.5. The van der Waals surface area contributed by atoms with Crippen LogP contribution in [0, 0.1) is 6.92 Å². The van der Waals surface area contributed by atoms with Crippen molar-refractivity contribution in [1.29, 1.82) is 0 Å². The Bertz CT molecular complexity index is 797. The van der Waals surface area contributed by atoms with E-state index in [1.165, 1.54) is 11.3 Å². The van der Waals surface area contributed by atoms with Crippen molar-refractivity contribution in [2.45, 2.75) is 32.6 Å². The Balaban J connectivity index is 1.56. The Morgan fingerprint density at radius 2 is 1.61 bits per heavy atom. The summed E-state index contributed by atoms with van der Waals surface area (Å²) in [5, 5.41) is 2.72. The van der Waals surface area contributed by atoms with Gasteiger partial charge in [-0.2, -0.15) is 0 Å². The standard InChI is InChI=1S/C21H25NO5S/c1-15-3-11-20(28-15)19(24)10-4-16(23)5-12-21(25)22-13-14-27-18-8-6-17(26-2)7-9-18/h3,6-9,11H,4-5,10,12-14H2,1-2H3,(H,22,25). The van der Waals surface area contributed by atoms with Crippen LogP contribution in [-0.2, 0) is 9.59 Å². The highest BCUT2D eigenvalue weighted by Gasteiger charge is 2.12. The molecule has 1 aromatic carbocycles. The number of ketones is 2. The molecule has 1 N–H and O–H groups in total. The van der Waals surface area contributed by atoms with Gasteiger partial charge in [-0.3, -0.25) is 14.4 Å². The first-order valence-corrected chi connectivity index (χ1v) is 9.94. The van der Waals surface area contributed by atoms with Crippen LogP contribution in [0.1, 0.15) is 40.2 Å². The fourth-order valence-electron chi connectivity index (χ4n) is 2.46. The predicted octanol–water partition coefficient (Wildman–Crippen LogP) is 3.57. The first kappa shape index (κ1) is 21.6. The Hall–Kier alpha value is -2.67. The molecule has 0 radical (unpaired) electrons. The van der Waals surface area contributed by atoms with E-state index in [0.29, 0.717) is 23.8 Å². The average Bonchev–Trinajstić information content (AvgIpc) is 3.14. The van der Waals surface area contributed by atoms with E-state index in [9.17, 15) is 14.4 Å². The third-order valence-electron chi connectivity index (χ3n) is 4.03. The second kappa shape index (κ2) is 11.2. The van der Waals surface area contributed by atoms with E-state index in [4.69, 9.17) is 9.47 Å². The number of amides is 1. The molecular weight excluding hydrogens is 378 g/mol. The maximum Gasteiger partial charge on any atom is 0.220 e. The van der Waals surface area contributed by atoms with E-state index < -0.39 is 0 Å². The molecule has 2 aromatic rings. The third kappa shape index (κ3) is 7.52. The number of carbonyl (C=O) groups is 3. The van der Waals surface area contributed by atoms with Gasteiger partial charge in [-0.05, 0) is 43.3 Å². The van der Waals surface area contributed by atoms with Crippen molar-refractivity contribution in [3.8, 4) is 11.5 Å². The summed E-state index contributed by atoms with van der Waals surface area (Å²) in [4.78, 5) is 37.4. The molecule has 1 aromatic heterocycles. The summed E-state index contributed by atoms with van der Waals surface area (Å²) in [6.07, 6.45) is 0.620. The lowest BCUT2D eigenvalue weighted by Gasteiger charge is -2.08. The summed E-state index contributed by atoms with van der Waals surface area (Å²) < 4.78 is 10.6. The van der Waals surface area contributed by atoms with Crippen molar-refractivity contribution in [2.75, 3.05) is 20.3 Å². The molecule has 0 bridgehead atoms. The summed E-state index contributed by atoms with van der Waals surface area (Å²) in [5.74, 6) is 1.14. The van der Waals surface area contributed by atoms with Crippen LogP contribution >= 0.6 is 11.3 Å². The van der Waals surface area contributed by atoms with Gasteiger partial charge in [0.15, 0.2) is 5.78 Å². The molecule has 6 nitrogen and oxygen atoms in total. The Morgan fingerprint density at radius 3 is 2.25 bits per heavy atom. The summed E-state index contributed by atoms with van der Waals surface area (Å²) in [5.41, 5.74) is 0.